The number of aromatic nitrogens is 1. The normalized spacial score (nSPS) is 11.5. The number of nitrogens with one attached hydrogen (secondary N) is 1. The number of benzene rings is 2. The first-order chi connectivity index (χ1) is 11.6. The number of phenols is 2. The van der Waals surface area contributed by atoms with E-state index in [1.807, 2.05) is 47.2 Å². The highest BCUT2D eigenvalue weighted by atomic mass is 32.1. The average molecular weight is 341 g/mol. The van der Waals surface area contributed by atoms with Gasteiger partial charge in [0.1, 0.15) is 11.5 Å². The van der Waals surface area contributed by atoms with Crippen molar-refractivity contribution in [2.75, 3.05) is 0 Å². The minimum Gasteiger partial charge on any atom is -0.508 e. The van der Waals surface area contributed by atoms with Gasteiger partial charge in [0.2, 0.25) is 4.80 Å². The fourth-order valence-electron chi connectivity index (χ4n) is 2.23. The molecule has 0 fully saturated rings. The van der Waals surface area contributed by atoms with Crippen molar-refractivity contribution in [2.45, 2.75) is 6.92 Å². The van der Waals surface area contributed by atoms with Crippen LogP contribution in [0.3, 0.4) is 0 Å². The van der Waals surface area contributed by atoms with Gasteiger partial charge in [0.25, 0.3) is 5.91 Å². The molecule has 0 radical (unpaired) electrons. The van der Waals surface area contributed by atoms with Crippen molar-refractivity contribution in [3.05, 3.63) is 70.0 Å². The maximum absolute atomic E-state index is 12.2. The summed E-state index contributed by atoms with van der Waals surface area (Å²) in [5, 5.41) is 25.2. The van der Waals surface area contributed by atoms with Crippen LogP contribution >= 0.6 is 11.3 Å². The third-order valence-corrected chi connectivity index (χ3v) is 4.31. The van der Waals surface area contributed by atoms with Gasteiger partial charge >= 0.3 is 0 Å². The molecule has 0 unspecified atom stereocenters. The van der Waals surface area contributed by atoms with Crippen LogP contribution in [0.5, 0.6) is 11.5 Å². The SMILES string of the molecule is Cc1cs/c(=N/NC(=O)c2cc(O)ccc2O)n1-c1ccccc1. The highest BCUT2D eigenvalue weighted by molar-refractivity contribution is 7.07. The number of para-hydroxylation sites is 1. The predicted molar refractivity (Wildman–Crippen MR) is 91.2 cm³/mol. The lowest BCUT2D eigenvalue weighted by Gasteiger charge is -2.06. The smallest absolute Gasteiger partial charge is 0.275 e. The topological polar surface area (TPSA) is 86.8 Å². The van der Waals surface area contributed by atoms with Gasteiger partial charge < -0.3 is 10.2 Å². The minimum absolute atomic E-state index is 0.0433. The molecule has 3 aromatic rings. The summed E-state index contributed by atoms with van der Waals surface area (Å²) in [5.74, 6) is -0.933. The van der Waals surface area contributed by atoms with Crippen LogP contribution in [0.25, 0.3) is 5.69 Å². The molecule has 122 valence electrons. The molecule has 0 saturated heterocycles. The fraction of sp³-hybridized carbons (Fsp3) is 0.0588. The molecule has 0 aliphatic rings. The van der Waals surface area contributed by atoms with Gasteiger partial charge in [-0.3, -0.25) is 9.36 Å². The summed E-state index contributed by atoms with van der Waals surface area (Å²) >= 11 is 1.39. The fourth-order valence-corrected chi connectivity index (χ4v) is 3.06. The van der Waals surface area contributed by atoms with Crippen LogP contribution in [0.2, 0.25) is 0 Å². The van der Waals surface area contributed by atoms with Crippen molar-refractivity contribution in [2.24, 2.45) is 5.10 Å². The first kappa shape index (κ1) is 15.8. The largest absolute Gasteiger partial charge is 0.508 e. The van der Waals surface area contributed by atoms with E-state index >= 15 is 0 Å². The Labute approximate surface area is 142 Å². The number of nitrogens with zero attached hydrogens (tertiary/aromatic N) is 2. The lowest BCUT2D eigenvalue weighted by atomic mass is 10.2. The van der Waals surface area contributed by atoms with Gasteiger partial charge in [-0.2, -0.15) is 0 Å². The number of amides is 1. The Morgan fingerprint density at radius 2 is 1.92 bits per heavy atom. The Kier molecular flexibility index (Phi) is 4.35. The molecule has 1 amide bonds. The van der Waals surface area contributed by atoms with Gasteiger partial charge in [-0.1, -0.05) is 18.2 Å². The van der Waals surface area contributed by atoms with Crippen LogP contribution in [0.4, 0.5) is 0 Å². The Bertz CT molecular complexity index is 945. The molecule has 3 N–H and O–H groups in total. The molecule has 0 bridgehead atoms. The molecule has 7 heteroatoms. The van der Waals surface area contributed by atoms with Crippen molar-refractivity contribution in [3.8, 4) is 17.2 Å². The van der Waals surface area contributed by atoms with Crippen LogP contribution in [0.15, 0.2) is 59.0 Å². The quantitative estimate of drug-likeness (QED) is 0.505. The van der Waals surface area contributed by atoms with E-state index in [0.717, 1.165) is 11.4 Å². The Morgan fingerprint density at radius 3 is 2.67 bits per heavy atom. The summed E-state index contributed by atoms with van der Waals surface area (Å²) in [7, 11) is 0. The molecule has 1 aromatic heterocycles. The number of aromatic hydroxyl groups is 2. The zero-order valence-corrected chi connectivity index (χ0v) is 13.6. The molecule has 24 heavy (non-hydrogen) atoms. The van der Waals surface area contributed by atoms with E-state index in [-0.39, 0.29) is 17.1 Å². The van der Waals surface area contributed by atoms with E-state index in [0.29, 0.717) is 4.80 Å². The molecule has 0 atom stereocenters. The minimum atomic E-state index is -0.603. The molecule has 1 heterocycles. The summed E-state index contributed by atoms with van der Waals surface area (Å²) < 4.78 is 1.91. The van der Waals surface area contributed by atoms with Gasteiger partial charge in [0.15, 0.2) is 0 Å². The number of carbonyl (C=O) groups excluding carboxylic acids is 1. The number of thiazole rings is 1. The Hall–Kier alpha value is -3.06. The van der Waals surface area contributed by atoms with Crippen LogP contribution in [0.1, 0.15) is 16.1 Å². The van der Waals surface area contributed by atoms with Crippen molar-refractivity contribution in [1.82, 2.24) is 9.99 Å². The van der Waals surface area contributed by atoms with Gasteiger partial charge in [0, 0.05) is 16.8 Å². The second kappa shape index (κ2) is 6.59. The van der Waals surface area contributed by atoms with Crippen LogP contribution < -0.4 is 10.2 Å². The van der Waals surface area contributed by atoms with E-state index in [4.69, 9.17) is 0 Å². The highest BCUT2D eigenvalue weighted by Gasteiger charge is 2.12. The average Bonchev–Trinajstić information content (AvgIpc) is 2.96. The van der Waals surface area contributed by atoms with Gasteiger partial charge in [0.05, 0.1) is 5.56 Å². The van der Waals surface area contributed by atoms with E-state index < -0.39 is 5.91 Å². The van der Waals surface area contributed by atoms with Crippen LogP contribution in [-0.2, 0) is 0 Å². The Morgan fingerprint density at radius 1 is 1.17 bits per heavy atom. The number of aryl methyl sites for hydroxylation is 1. The standard InChI is InChI=1S/C17H15N3O3S/c1-11-10-24-17(20(11)12-5-3-2-4-6-12)19-18-16(23)14-9-13(21)7-8-15(14)22/h2-10,21-22H,1H3,(H,18,23)/b19-17+. The summed E-state index contributed by atoms with van der Waals surface area (Å²) in [6.07, 6.45) is 0. The number of carbonyl (C=O) groups is 1. The predicted octanol–water partition coefficient (Wildman–Crippen LogP) is 2.50. The molecule has 2 aromatic carbocycles. The van der Waals surface area contributed by atoms with Crippen molar-refractivity contribution < 1.29 is 15.0 Å². The molecule has 0 saturated carbocycles. The molecule has 0 aliphatic carbocycles. The van der Waals surface area contributed by atoms with Gasteiger partial charge in [-0.15, -0.1) is 16.4 Å². The molecular weight excluding hydrogens is 326 g/mol. The maximum atomic E-state index is 12.2. The van der Waals surface area contributed by atoms with Crippen LogP contribution in [-0.4, -0.2) is 20.7 Å². The highest BCUT2D eigenvalue weighted by Crippen LogP contribution is 2.21. The number of hydrogen-bond donors (Lipinski definition) is 3. The zero-order valence-electron chi connectivity index (χ0n) is 12.8. The van der Waals surface area contributed by atoms with E-state index in [2.05, 4.69) is 10.5 Å². The second-order valence-electron chi connectivity index (χ2n) is 5.08. The lowest BCUT2D eigenvalue weighted by Crippen LogP contribution is -2.24. The third-order valence-electron chi connectivity index (χ3n) is 3.37. The number of hydrogen-bond acceptors (Lipinski definition) is 5. The molecule has 6 nitrogen and oxygen atoms in total. The maximum Gasteiger partial charge on any atom is 0.275 e. The molecular formula is C17H15N3O3S. The van der Waals surface area contributed by atoms with Gasteiger partial charge in [-0.25, -0.2) is 5.43 Å². The van der Waals surface area contributed by atoms with Crippen molar-refractivity contribution >= 4 is 17.2 Å². The Balaban J connectivity index is 1.94. The summed E-state index contributed by atoms with van der Waals surface area (Å²) in [6, 6.07) is 13.4. The third kappa shape index (κ3) is 3.16. The molecule has 3 rings (SSSR count). The first-order valence-electron chi connectivity index (χ1n) is 7.15. The van der Waals surface area contributed by atoms with E-state index in [9.17, 15) is 15.0 Å². The van der Waals surface area contributed by atoms with Crippen molar-refractivity contribution in [3.63, 3.8) is 0 Å². The molecule has 0 spiro atoms. The monoisotopic (exact) mass is 341 g/mol. The van der Waals surface area contributed by atoms with Crippen molar-refractivity contribution in [1.29, 1.82) is 0 Å². The number of phenolic OH excluding ortho intramolecular Hbond substituents is 2. The summed E-state index contributed by atoms with van der Waals surface area (Å²) in [5.41, 5.74) is 4.29. The zero-order chi connectivity index (χ0) is 17.1. The lowest BCUT2D eigenvalue weighted by molar-refractivity contribution is 0.0950. The number of rotatable bonds is 3. The van der Waals surface area contributed by atoms with Gasteiger partial charge in [-0.05, 0) is 37.3 Å². The summed E-state index contributed by atoms with van der Waals surface area (Å²) in [4.78, 5) is 12.8. The summed E-state index contributed by atoms with van der Waals surface area (Å²) in [6.45, 7) is 1.95. The second-order valence-corrected chi connectivity index (χ2v) is 5.92. The first-order valence-corrected chi connectivity index (χ1v) is 8.03. The molecule has 0 aliphatic heterocycles. The van der Waals surface area contributed by atoms with E-state index in [1.54, 1.807) is 0 Å². The van der Waals surface area contributed by atoms with Crippen LogP contribution in [0, 0.1) is 6.92 Å². The van der Waals surface area contributed by atoms with E-state index in [1.165, 1.54) is 29.5 Å².